The molecule has 0 amide bonds. The Morgan fingerprint density at radius 3 is 3.00 bits per heavy atom. The van der Waals surface area contributed by atoms with Gasteiger partial charge < -0.3 is 0 Å². The van der Waals surface area contributed by atoms with Crippen LogP contribution in [0, 0.1) is 11.3 Å². The Bertz CT molecular complexity index is 235. The van der Waals surface area contributed by atoms with Gasteiger partial charge in [0.2, 0.25) is 0 Å². The monoisotopic (exact) mass is 133 g/mol. The molecule has 1 nitrogen and oxygen atoms in total. The fourth-order valence-electron chi connectivity index (χ4n) is 0.598. The Morgan fingerprint density at radius 2 is 2.56 bits per heavy atom. The molecular formula is C6H4BNS. The van der Waals surface area contributed by atoms with E-state index < -0.39 is 0 Å². The van der Waals surface area contributed by atoms with Gasteiger partial charge in [-0.25, -0.2) is 0 Å². The van der Waals surface area contributed by atoms with E-state index >= 15 is 0 Å². The molecule has 2 radical (unpaired) electrons. The van der Waals surface area contributed by atoms with E-state index in [1.807, 2.05) is 5.38 Å². The lowest BCUT2D eigenvalue weighted by Crippen LogP contribution is -1.79. The molecule has 9 heavy (non-hydrogen) atoms. The van der Waals surface area contributed by atoms with Crippen molar-refractivity contribution in [1.82, 2.24) is 0 Å². The maximum Gasteiger partial charge on any atom is 0.100 e. The predicted octanol–water partition coefficient (Wildman–Crippen LogP) is 1.29. The Morgan fingerprint density at radius 1 is 1.78 bits per heavy atom. The first kappa shape index (κ1) is 6.38. The number of nitriles is 1. The minimum Gasteiger partial charge on any atom is -0.192 e. The highest BCUT2D eigenvalue weighted by molar-refractivity contribution is 7.10. The highest BCUT2D eigenvalue weighted by Gasteiger charge is 1.97. The zero-order valence-corrected chi connectivity index (χ0v) is 5.61. The van der Waals surface area contributed by atoms with Gasteiger partial charge in [-0.1, -0.05) is 6.32 Å². The summed E-state index contributed by atoms with van der Waals surface area (Å²) in [5.74, 6) is 0. The van der Waals surface area contributed by atoms with Crippen molar-refractivity contribution in [2.75, 3.05) is 0 Å². The molecule has 0 saturated heterocycles. The molecule has 0 aliphatic carbocycles. The number of thiophene rings is 1. The summed E-state index contributed by atoms with van der Waals surface area (Å²) in [7, 11) is 5.33. The normalized spacial score (nSPS) is 8.78. The van der Waals surface area contributed by atoms with E-state index in [1.54, 1.807) is 6.07 Å². The SMILES string of the molecule is [B]Cc1sccc1C#N. The second kappa shape index (κ2) is 2.70. The van der Waals surface area contributed by atoms with Crippen molar-refractivity contribution in [1.29, 1.82) is 5.26 Å². The van der Waals surface area contributed by atoms with E-state index in [2.05, 4.69) is 6.07 Å². The van der Waals surface area contributed by atoms with Crippen LogP contribution >= 0.6 is 11.3 Å². The molecule has 0 atom stereocenters. The largest absolute Gasteiger partial charge is 0.192 e. The summed E-state index contributed by atoms with van der Waals surface area (Å²) in [4.78, 5) is 0.970. The van der Waals surface area contributed by atoms with Crippen molar-refractivity contribution in [3.63, 3.8) is 0 Å². The van der Waals surface area contributed by atoms with Gasteiger partial charge in [-0.2, -0.15) is 5.26 Å². The molecule has 0 aliphatic heterocycles. The van der Waals surface area contributed by atoms with Gasteiger partial charge in [-0.15, -0.1) is 11.3 Å². The zero-order valence-electron chi connectivity index (χ0n) is 4.79. The van der Waals surface area contributed by atoms with E-state index in [0.717, 1.165) is 4.88 Å². The minimum absolute atomic E-state index is 0.473. The second-order valence-electron chi connectivity index (χ2n) is 1.57. The van der Waals surface area contributed by atoms with Crippen molar-refractivity contribution in [3.8, 4) is 6.07 Å². The van der Waals surface area contributed by atoms with Crippen LogP contribution in [-0.2, 0) is 6.32 Å². The van der Waals surface area contributed by atoms with Crippen molar-refractivity contribution in [2.24, 2.45) is 0 Å². The summed E-state index contributed by atoms with van der Waals surface area (Å²) in [6, 6.07) is 3.84. The van der Waals surface area contributed by atoms with Crippen LogP contribution in [0.4, 0.5) is 0 Å². The van der Waals surface area contributed by atoms with Crippen molar-refractivity contribution < 1.29 is 0 Å². The van der Waals surface area contributed by atoms with Gasteiger partial charge in [0.1, 0.15) is 6.07 Å². The minimum atomic E-state index is 0.473. The third-order valence-electron chi connectivity index (χ3n) is 1.05. The summed E-state index contributed by atoms with van der Waals surface area (Å²) >= 11 is 1.53. The molecule has 1 aromatic rings. The van der Waals surface area contributed by atoms with Crippen LogP contribution in [0.5, 0.6) is 0 Å². The Hall–Kier alpha value is -0.745. The van der Waals surface area contributed by atoms with Crippen LogP contribution in [0.1, 0.15) is 10.4 Å². The standard InChI is InChI=1S/C6H4BNS/c7-3-6-5(4-8)1-2-9-6/h1-2H,3H2. The summed E-state index contributed by atoms with van der Waals surface area (Å²) < 4.78 is 0. The molecule has 0 aliphatic rings. The third-order valence-corrected chi connectivity index (χ3v) is 1.99. The highest BCUT2D eigenvalue weighted by Crippen LogP contribution is 2.14. The molecule has 0 unspecified atom stereocenters. The average molecular weight is 133 g/mol. The highest BCUT2D eigenvalue weighted by atomic mass is 32.1. The quantitative estimate of drug-likeness (QED) is 0.529. The number of hydrogen-bond acceptors (Lipinski definition) is 2. The van der Waals surface area contributed by atoms with Crippen molar-refractivity contribution in [2.45, 2.75) is 6.32 Å². The molecule has 42 valence electrons. The number of rotatable bonds is 1. The van der Waals surface area contributed by atoms with Crippen LogP contribution < -0.4 is 0 Å². The lowest BCUT2D eigenvalue weighted by Gasteiger charge is -1.85. The van der Waals surface area contributed by atoms with E-state index in [1.165, 1.54) is 11.3 Å². The number of nitrogens with zero attached hydrogens (tertiary/aromatic N) is 1. The lowest BCUT2D eigenvalue weighted by atomic mass is 10.0. The summed E-state index contributed by atoms with van der Waals surface area (Å²) in [6.07, 6.45) is 0.473. The first-order chi connectivity index (χ1) is 4.38. The zero-order chi connectivity index (χ0) is 6.69. The lowest BCUT2D eigenvalue weighted by molar-refractivity contribution is 1.44. The van der Waals surface area contributed by atoms with Gasteiger partial charge >= 0.3 is 0 Å². The molecule has 1 aromatic heterocycles. The van der Waals surface area contributed by atoms with Gasteiger partial charge in [-0.3, -0.25) is 0 Å². The fourth-order valence-corrected chi connectivity index (χ4v) is 1.30. The molecule has 3 heteroatoms. The molecule has 1 heterocycles. The van der Waals surface area contributed by atoms with E-state index in [-0.39, 0.29) is 0 Å². The molecule has 1 rings (SSSR count). The molecule has 0 N–H and O–H groups in total. The molecule has 0 aromatic carbocycles. The smallest absolute Gasteiger partial charge is 0.100 e. The second-order valence-corrected chi connectivity index (χ2v) is 2.57. The third kappa shape index (κ3) is 1.14. The molecule has 0 fully saturated rings. The van der Waals surface area contributed by atoms with Gasteiger partial charge in [-0.05, 0) is 11.4 Å². The Kier molecular flexibility index (Phi) is 1.91. The van der Waals surface area contributed by atoms with Crippen molar-refractivity contribution >= 4 is 19.2 Å². The Labute approximate surface area is 59.3 Å². The van der Waals surface area contributed by atoms with E-state index in [0.29, 0.717) is 11.9 Å². The topological polar surface area (TPSA) is 23.8 Å². The summed E-state index contributed by atoms with van der Waals surface area (Å²) in [6.45, 7) is 0. The molecule has 0 spiro atoms. The van der Waals surface area contributed by atoms with E-state index in [9.17, 15) is 0 Å². The molecular weight excluding hydrogens is 129 g/mol. The Balaban J connectivity index is 3.02. The molecule has 0 saturated carbocycles. The van der Waals surface area contributed by atoms with E-state index in [4.69, 9.17) is 13.1 Å². The van der Waals surface area contributed by atoms with Crippen LogP contribution in [0.2, 0.25) is 0 Å². The maximum atomic E-state index is 8.44. The van der Waals surface area contributed by atoms with Gasteiger partial charge in [0.25, 0.3) is 0 Å². The summed E-state index contributed by atoms with van der Waals surface area (Å²) in [5.41, 5.74) is 0.711. The van der Waals surface area contributed by atoms with Gasteiger partial charge in [0, 0.05) is 4.88 Å². The molecule has 0 bridgehead atoms. The first-order valence-electron chi connectivity index (χ1n) is 2.55. The van der Waals surface area contributed by atoms with Gasteiger partial charge in [0.05, 0.1) is 13.4 Å². The predicted molar refractivity (Wildman–Crippen MR) is 38.5 cm³/mol. The average Bonchev–Trinajstić information content (AvgIpc) is 2.33. The first-order valence-corrected chi connectivity index (χ1v) is 3.43. The maximum absolute atomic E-state index is 8.44. The van der Waals surface area contributed by atoms with Crippen LogP contribution in [0.15, 0.2) is 11.4 Å². The van der Waals surface area contributed by atoms with Crippen LogP contribution in [0.25, 0.3) is 0 Å². The van der Waals surface area contributed by atoms with Gasteiger partial charge in [0.15, 0.2) is 0 Å². The van der Waals surface area contributed by atoms with Crippen LogP contribution in [0.3, 0.4) is 0 Å². The van der Waals surface area contributed by atoms with Crippen LogP contribution in [-0.4, -0.2) is 7.85 Å². The summed E-state index contributed by atoms with van der Waals surface area (Å²) in [5, 5.41) is 10.3. The number of hydrogen-bond donors (Lipinski definition) is 0. The van der Waals surface area contributed by atoms with Crippen molar-refractivity contribution in [3.05, 3.63) is 21.9 Å². The fraction of sp³-hybridized carbons (Fsp3) is 0.167.